The van der Waals surface area contributed by atoms with Gasteiger partial charge in [0.2, 0.25) is 5.91 Å². The van der Waals surface area contributed by atoms with Crippen LogP contribution in [0.4, 0.5) is 0 Å². The highest BCUT2D eigenvalue weighted by Crippen LogP contribution is 1.95. The van der Waals surface area contributed by atoms with E-state index in [1.807, 2.05) is 0 Å². The smallest absolute Gasteiger partial charge is 0.303 e. The Morgan fingerprint density at radius 1 is 1.40 bits per heavy atom. The second-order valence-corrected chi connectivity index (χ2v) is 2.16. The predicted molar refractivity (Wildman–Crippen MR) is 38.6 cm³/mol. The van der Waals surface area contributed by atoms with Gasteiger partial charge in [-0.05, 0) is 6.42 Å². The van der Waals surface area contributed by atoms with Gasteiger partial charge < -0.3 is 5.11 Å². The average Bonchev–Trinajstić information content (AvgIpc) is 1.87. The number of carbonyl (C=O) groups is 2. The van der Waals surface area contributed by atoms with Crippen LogP contribution in [0.2, 0.25) is 0 Å². The van der Waals surface area contributed by atoms with Crippen molar-refractivity contribution >= 4 is 28.0 Å². The van der Waals surface area contributed by atoms with E-state index in [1.165, 1.54) is 0 Å². The van der Waals surface area contributed by atoms with Crippen LogP contribution < -0.4 is 4.34 Å². The molecule has 0 saturated heterocycles. The summed E-state index contributed by atoms with van der Waals surface area (Å²) in [6.07, 6.45) is 0.671. The Morgan fingerprint density at radius 2 is 2.00 bits per heavy atom. The quantitative estimate of drug-likeness (QED) is 0.670. The molecule has 5 heteroatoms. The van der Waals surface area contributed by atoms with Crippen LogP contribution in [0.5, 0.6) is 0 Å². The molecule has 0 unspecified atom stereocenters. The molecule has 1 amide bonds. The maximum atomic E-state index is 10.4. The molecule has 0 aliphatic heterocycles. The second-order valence-electron chi connectivity index (χ2n) is 1.76. The summed E-state index contributed by atoms with van der Waals surface area (Å²) in [5.41, 5.74) is 0. The zero-order valence-corrected chi connectivity index (χ0v) is 6.85. The van der Waals surface area contributed by atoms with Gasteiger partial charge in [-0.2, -0.15) is 0 Å². The highest BCUT2D eigenvalue weighted by atomic mass is 79.9. The summed E-state index contributed by atoms with van der Waals surface area (Å²) in [5.74, 6) is -1.07. The molecule has 10 heavy (non-hydrogen) atoms. The van der Waals surface area contributed by atoms with Crippen molar-refractivity contribution < 1.29 is 14.7 Å². The summed E-state index contributed by atoms with van der Waals surface area (Å²) >= 11 is 2.74. The van der Waals surface area contributed by atoms with Crippen LogP contribution in [-0.2, 0) is 9.59 Å². The molecule has 0 aromatic carbocycles. The molecule has 0 saturated carbocycles. The van der Waals surface area contributed by atoms with Crippen LogP contribution in [0.25, 0.3) is 0 Å². The molecule has 0 spiro atoms. The number of hydrogen-bond donors (Lipinski definition) is 2. The van der Waals surface area contributed by atoms with E-state index in [2.05, 4.69) is 20.5 Å². The fourth-order valence-corrected chi connectivity index (χ4v) is 0.646. The molecule has 0 aliphatic rings. The summed E-state index contributed by atoms with van der Waals surface area (Å²) in [5, 5.41) is 8.16. The number of carboxylic acids is 1. The monoisotopic (exact) mass is 209 g/mol. The van der Waals surface area contributed by atoms with Crippen molar-refractivity contribution in [2.75, 3.05) is 0 Å². The van der Waals surface area contributed by atoms with Crippen LogP contribution >= 0.6 is 16.1 Å². The van der Waals surface area contributed by atoms with Gasteiger partial charge in [0.15, 0.2) is 0 Å². The van der Waals surface area contributed by atoms with E-state index < -0.39 is 5.97 Å². The van der Waals surface area contributed by atoms with Crippen LogP contribution in [0.3, 0.4) is 0 Å². The largest absolute Gasteiger partial charge is 0.481 e. The van der Waals surface area contributed by atoms with Gasteiger partial charge in [0.05, 0.1) is 0 Å². The number of hydrogen-bond acceptors (Lipinski definition) is 2. The zero-order valence-electron chi connectivity index (χ0n) is 5.26. The standard InChI is InChI=1S/C5H8BrNO3/c6-7-4(8)2-1-3-5(9)10/h1-3H2,(H,7,8)(H,9,10). The minimum atomic E-state index is -0.873. The van der Waals surface area contributed by atoms with E-state index in [0.29, 0.717) is 6.42 Å². The van der Waals surface area contributed by atoms with Gasteiger partial charge in [0.25, 0.3) is 0 Å². The fourth-order valence-electron chi connectivity index (χ4n) is 0.447. The molecule has 0 aliphatic carbocycles. The van der Waals surface area contributed by atoms with Gasteiger partial charge in [-0.15, -0.1) is 0 Å². The SMILES string of the molecule is O=C(O)CCCC(=O)NBr. The van der Waals surface area contributed by atoms with E-state index in [1.54, 1.807) is 0 Å². The highest BCUT2D eigenvalue weighted by Gasteiger charge is 2.00. The van der Waals surface area contributed by atoms with Gasteiger partial charge in [0, 0.05) is 29.0 Å². The minimum absolute atomic E-state index is 0.0421. The first-order chi connectivity index (χ1) is 4.66. The lowest BCUT2D eigenvalue weighted by atomic mass is 10.2. The number of carbonyl (C=O) groups excluding carboxylic acids is 1. The van der Waals surface area contributed by atoms with Crippen LogP contribution in [-0.4, -0.2) is 17.0 Å². The van der Waals surface area contributed by atoms with E-state index >= 15 is 0 Å². The lowest BCUT2D eigenvalue weighted by molar-refractivity contribution is -0.137. The number of carboxylic acid groups (broad SMARTS) is 1. The van der Waals surface area contributed by atoms with Gasteiger partial charge in [-0.3, -0.25) is 13.9 Å². The fraction of sp³-hybridized carbons (Fsp3) is 0.600. The summed E-state index contributed by atoms with van der Waals surface area (Å²) in [7, 11) is 0. The minimum Gasteiger partial charge on any atom is -0.481 e. The maximum absolute atomic E-state index is 10.4. The molecule has 0 bridgehead atoms. The molecule has 0 atom stereocenters. The van der Waals surface area contributed by atoms with Gasteiger partial charge in [-0.1, -0.05) is 0 Å². The molecule has 0 aromatic rings. The summed E-state index contributed by atoms with van der Waals surface area (Å²) in [6, 6.07) is 0. The highest BCUT2D eigenvalue weighted by molar-refractivity contribution is 9.08. The number of halogens is 1. The Balaban J connectivity index is 3.20. The van der Waals surface area contributed by atoms with Crippen molar-refractivity contribution in [1.82, 2.24) is 4.34 Å². The first-order valence-corrected chi connectivity index (χ1v) is 3.57. The third-order valence-electron chi connectivity index (χ3n) is 0.900. The van der Waals surface area contributed by atoms with E-state index in [4.69, 9.17) is 5.11 Å². The molecule has 58 valence electrons. The molecular weight excluding hydrogens is 202 g/mol. The van der Waals surface area contributed by atoms with Gasteiger partial charge in [-0.25, -0.2) is 0 Å². The Morgan fingerprint density at radius 3 is 2.40 bits per heavy atom. The number of aliphatic carboxylic acids is 1. The van der Waals surface area contributed by atoms with Crippen LogP contribution in [0.1, 0.15) is 19.3 Å². The van der Waals surface area contributed by atoms with Crippen molar-refractivity contribution in [2.45, 2.75) is 19.3 Å². The van der Waals surface area contributed by atoms with Crippen molar-refractivity contribution in [3.8, 4) is 0 Å². The third kappa shape index (κ3) is 5.55. The first-order valence-electron chi connectivity index (χ1n) is 2.78. The molecule has 0 heterocycles. The third-order valence-corrected chi connectivity index (χ3v) is 1.34. The molecule has 0 aromatic heterocycles. The molecule has 0 radical (unpaired) electrons. The van der Waals surface area contributed by atoms with Crippen molar-refractivity contribution in [3.63, 3.8) is 0 Å². The van der Waals surface area contributed by atoms with Crippen molar-refractivity contribution in [1.29, 1.82) is 0 Å². The zero-order chi connectivity index (χ0) is 7.98. The Labute approximate surface area is 66.9 Å². The van der Waals surface area contributed by atoms with Gasteiger partial charge >= 0.3 is 5.97 Å². The molecular formula is C5H8BrNO3. The topological polar surface area (TPSA) is 66.4 Å². The molecule has 4 nitrogen and oxygen atoms in total. The Bertz CT molecular complexity index is 137. The normalized spacial score (nSPS) is 8.90. The first kappa shape index (κ1) is 9.42. The number of rotatable bonds is 4. The molecule has 0 fully saturated rings. The summed E-state index contributed by atoms with van der Waals surface area (Å²) in [6.45, 7) is 0. The lowest BCUT2D eigenvalue weighted by Crippen LogP contribution is -2.11. The van der Waals surface area contributed by atoms with E-state index in [9.17, 15) is 9.59 Å². The molecule has 2 N–H and O–H groups in total. The summed E-state index contributed by atoms with van der Waals surface area (Å²) < 4.78 is 2.22. The van der Waals surface area contributed by atoms with Crippen LogP contribution in [0, 0.1) is 0 Å². The predicted octanol–water partition coefficient (Wildman–Crippen LogP) is 0.667. The lowest BCUT2D eigenvalue weighted by Gasteiger charge is -1.93. The van der Waals surface area contributed by atoms with Crippen molar-refractivity contribution in [2.24, 2.45) is 0 Å². The second kappa shape index (κ2) is 5.22. The molecule has 0 rings (SSSR count). The van der Waals surface area contributed by atoms with E-state index in [-0.39, 0.29) is 18.7 Å². The van der Waals surface area contributed by atoms with Gasteiger partial charge in [0.1, 0.15) is 0 Å². The average molecular weight is 210 g/mol. The Kier molecular flexibility index (Phi) is 4.92. The Hall–Kier alpha value is -0.580. The van der Waals surface area contributed by atoms with E-state index in [0.717, 1.165) is 0 Å². The summed E-state index contributed by atoms with van der Waals surface area (Å²) in [4.78, 5) is 20.4. The number of nitrogens with one attached hydrogen (secondary N) is 1. The van der Waals surface area contributed by atoms with Crippen LogP contribution in [0.15, 0.2) is 0 Å². The maximum Gasteiger partial charge on any atom is 0.303 e. The van der Waals surface area contributed by atoms with Crippen molar-refractivity contribution in [3.05, 3.63) is 0 Å². The number of amides is 1.